The lowest BCUT2D eigenvalue weighted by Gasteiger charge is -2.21. The predicted octanol–water partition coefficient (Wildman–Crippen LogP) is 2.89. The highest BCUT2D eigenvalue weighted by Gasteiger charge is 2.29. The van der Waals surface area contributed by atoms with Crippen molar-refractivity contribution in [3.05, 3.63) is 12.7 Å². The van der Waals surface area contributed by atoms with Crippen molar-refractivity contribution in [3.63, 3.8) is 0 Å². The van der Waals surface area contributed by atoms with Gasteiger partial charge < -0.3 is 9.47 Å². The first-order valence-corrected chi connectivity index (χ1v) is 5.16. The van der Waals surface area contributed by atoms with E-state index in [1.54, 1.807) is 0 Å². The standard InChI is InChI=1S/C11H20O2/c1-3-4-5-6-7-8-11(2)12-9-10-13-11/h3H,1,4-10H2,2H3. The molecule has 0 spiro atoms. The number of hydrogen-bond donors (Lipinski definition) is 0. The van der Waals surface area contributed by atoms with Gasteiger partial charge in [0.25, 0.3) is 0 Å². The van der Waals surface area contributed by atoms with Crippen LogP contribution < -0.4 is 0 Å². The van der Waals surface area contributed by atoms with Crippen molar-refractivity contribution in [3.8, 4) is 0 Å². The van der Waals surface area contributed by atoms with Gasteiger partial charge >= 0.3 is 0 Å². The Labute approximate surface area is 80.9 Å². The van der Waals surface area contributed by atoms with Crippen LogP contribution in [0.15, 0.2) is 12.7 Å². The van der Waals surface area contributed by atoms with Crippen LogP contribution in [0.5, 0.6) is 0 Å². The van der Waals surface area contributed by atoms with Crippen LogP contribution >= 0.6 is 0 Å². The average Bonchev–Trinajstić information content (AvgIpc) is 2.53. The Balaban J connectivity index is 2.01. The molecule has 0 aromatic heterocycles. The molecule has 0 aromatic carbocycles. The molecular formula is C11H20O2. The number of allylic oxidation sites excluding steroid dienone is 1. The van der Waals surface area contributed by atoms with E-state index in [1.165, 1.54) is 19.3 Å². The summed E-state index contributed by atoms with van der Waals surface area (Å²) in [4.78, 5) is 0. The molecule has 0 bridgehead atoms. The first kappa shape index (κ1) is 10.7. The van der Waals surface area contributed by atoms with E-state index in [9.17, 15) is 0 Å². The Morgan fingerprint density at radius 2 is 1.92 bits per heavy atom. The monoisotopic (exact) mass is 184 g/mol. The quantitative estimate of drug-likeness (QED) is 0.467. The maximum atomic E-state index is 5.50. The molecule has 76 valence electrons. The number of ether oxygens (including phenoxy) is 2. The van der Waals surface area contributed by atoms with E-state index < -0.39 is 0 Å². The Morgan fingerprint density at radius 1 is 1.23 bits per heavy atom. The third-order valence-electron chi connectivity index (χ3n) is 2.44. The lowest BCUT2D eigenvalue weighted by Crippen LogP contribution is -2.24. The Morgan fingerprint density at radius 3 is 2.54 bits per heavy atom. The molecule has 2 heteroatoms. The molecule has 1 fully saturated rings. The minimum Gasteiger partial charge on any atom is -0.348 e. The van der Waals surface area contributed by atoms with E-state index in [4.69, 9.17) is 9.47 Å². The van der Waals surface area contributed by atoms with E-state index >= 15 is 0 Å². The molecule has 0 aliphatic carbocycles. The first-order chi connectivity index (χ1) is 6.27. The summed E-state index contributed by atoms with van der Waals surface area (Å²) >= 11 is 0. The normalized spacial score (nSPS) is 20.4. The molecule has 0 amide bonds. The van der Waals surface area contributed by atoms with Gasteiger partial charge in [-0.1, -0.05) is 12.5 Å². The molecule has 2 nitrogen and oxygen atoms in total. The Hall–Kier alpha value is -0.340. The zero-order valence-electron chi connectivity index (χ0n) is 8.55. The van der Waals surface area contributed by atoms with E-state index in [-0.39, 0.29) is 5.79 Å². The van der Waals surface area contributed by atoms with E-state index in [2.05, 4.69) is 6.58 Å². The fraction of sp³-hybridized carbons (Fsp3) is 0.818. The first-order valence-electron chi connectivity index (χ1n) is 5.16. The minimum absolute atomic E-state index is 0.284. The maximum absolute atomic E-state index is 5.50. The number of unbranched alkanes of at least 4 members (excludes halogenated alkanes) is 3. The molecule has 1 aliphatic rings. The molecule has 1 rings (SSSR count). The van der Waals surface area contributed by atoms with Crippen molar-refractivity contribution in [1.29, 1.82) is 0 Å². The summed E-state index contributed by atoms with van der Waals surface area (Å²) in [5.41, 5.74) is 0. The van der Waals surface area contributed by atoms with Crippen LogP contribution in [0.4, 0.5) is 0 Å². The summed E-state index contributed by atoms with van der Waals surface area (Å²) < 4.78 is 11.0. The van der Waals surface area contributed by atoms with Crippen LogP contribution in [0.3, 0.4) is 0 Å². The smallest absolute Gasteiger partial charge is 0.165 e. The highest BCUT2D eigenvalue weighted by Crippen LogP contribution is 2.25. The second-order valence-corrected chi connectivity index (χ2v) is 3.72. The van der Waals surface area contributed by atoms with Gasteiger partial charge in [0.2, 0.25) is 0 Å². The van der Waals surface area contributed by atoms with Gasteiger partial charge in [-0.25, -0.2) is 0 Å². The highest BCUT2D eigenvalue weighted by atomic mass is 16.7. The second kappa shape index (κ2) is 5.40. The number of hydrogen-bond acceptors (Lipinski definition) is 2. The molecule has 0 unspecified atom stereocenters. The third-order valence-corrected chi connectivity index (χ3v) is 2.44. The lowest BCUT2D eigenvalue weighted by atomic mass is 10.1. The zero-order valence-corrected chi connectivity index (χ0v) is 8.55. The Bertz CT molecular complexity index is 148. The molecule has 0 atom stereocenters. The van der Waals surface area contributed by atoms with Crippen molar-refractivity contribution < 1.29 is 9.47 Å². The topological polar surface area (TPSA) is 18.5 Å². The van der Waals surface area contributed by atoms with Gasteiger partial charge in [0, 0.05) is 6.42 Å². The molecule has 0 N–H and O–H groups in total. The van der Waals surface area contributed by atoms with Gasteiger partial charge in [-0.2, -0.15) is 0 Å². The summed E-state index contributed by atoms with van der Waals surface area (Å²) in [7, 11) is 0. The molecule has 0 radical (unpaired) electrons. The maximum Gasteiger partial charge on any atom is 0.165 e. The molecule has 13 heavy (non-hydrogen) atoms. The van der Waals surface area contributed by atoms with Crippen LogP contribution in [0.1, 0.15) is 39.0 Å². The summed E-state index contributed by atoms with van der Waals surface area (Å²) in [6.07, 6.45) is 7.78. The van der Waals surface area contributed by atoms with Crippen LogP contribution in [-0.2, 0) is 9.47 Å². The van der Waals surface area contributed by atoms with Gasteiger partial charge in [0.1, 0.15) is 0 Å². The van der Waals surface area contributed by atoms with Crippen LogP contribution in [0.2, 0.25) is 0 Å². The SMILES string of the molecule is C=CCCCCCC1(C)OCCO1. The molecule has 0 aromatic rings. The van der Waals surface area contributed by atoms with E-state index in [0.717, 1.165) is 26.1 Å². The summed E-state index contributed by atoms with van der Waals surface area (Å²) in [5.74, 6) is -0.284. The average molecular weight is 184 g/mol. The predicted molar refractivity (Wildman–Crippen MR) is 53.6 cm³/mol. The van der Waals surface area contributed by atoms with Gasteiger partial charge in [0.05, 0.1) is 13.2 Å². The van der Waals surface area contributed by atoms with Crippen molar-refractivity contribution in [2.24, 2.45) is 0 Å². The Kier molecular flexibility index (Phi) is 4.46. The molecule has 1 heterocycles. The molecule has 1 aliphatic heterocycles. The molecular weight excluding hydrogens is 164 g/mol. The highest BCUT2D eigenvalue weighted by molar-refractivity contribution is 4.69. The van der Waals surface area contributed by atoms with E-state index in [1.807, 2.05) is 13.0 Å². The van der Waals surface area contributed by atoms with Crippen molar-refractivity contribution >= 4 is 0 Å². The molecule has 0 saturated carbocycles. The fourth-order valence-corrected chi connectivity index (χ4v) is 1.61. The van der Waals surface area contributed by atoms with Gasteiger partial charge in [-0.15, -0.1) is 6.58 Å². The van der Waals surface area contributed by atoms with Gasteiger partial charge in [-0.05, 0) is 26.2 Å². The largest absolute Gasteiger partial charge is 0.348 e. The van der Waals surface area contributed by atoms with Gasteiger partial charge in [-0.3, -0.25) is 0 Å². The molecule has 1 saturated heterocycles. The summed E-state index contributed by atoms with van der Waals surface area (Å²) in [6.45, 7) is 7.24. The second-order valence-electron chi connectivity index (χ2n) is 3.72. The van der Waals surface area contributed by atoms with E-state index in [0.29, 0.717) is 0 Å². The van der Waals surface area contributed by atoms with Crippen molar-refractivity contribution in [2.75, 3.05) is 13.2 Å². The van der Waals surface area contributed by atoms with Crippen molar-refractivity contribution in [1.82, 2.24) is 0 Å². The van der Waals surface area contributed by atoms with Crippen molar-refractivity contribution in [2.45, 2.75) is 44.8 Å². The minimum atomic E-state index is -0.284. The fourth-order valence-electron chi connectivity index (χ4n) is 1.61. The third kappa shape index (κ3) is 3.92. The van der Waals surface area contributed by atoms with Crippen LogP contribution in [0.25, 0.3) is 0 Å². The number of rotatable bonds is 6. The summed E-state index contributed by atoms with van der Waals surface area (Å²) in [6, 6.07) is 0. The van der Waals surface area contributed by atoms with Crippen LogP contribution in [-0.4, -0.2) is 19.0 Å². The lowest BCUT2D eigenvalue weighted by molar-refractivity contribution is -0.147. The van der Waals surface area contributed by atoms with Crippen LogP contribution in [0, 0.1) is 0 Å². The zero-order chi connectivity index (χ0) is 9.57. The van der Waals surface area contributed by atoms with Gasteiger partial charge in [0.15, 0.2) is 5.79 Å². The summed E-state index contributed by atoms with van der Waals surface area (Å²) in [5, 5.41) is 0.